The van der Waals surface area contributed by atoms with Crippen LogP contribution in [0.1, 0.15) is 25.0 Å². The Balaban J connectivity index is 1.31. The molecule has 0 N–H and O–H groups in total. The number of fused-ring (bicyclic) bond motifs is 12. The minimum Gasteiger partial charge on any atom is -0.254 e. The van der Waals surface area contributed by atoms with E-state index in [4.69, 9.17) is 4.98 Å². The first-order chi connectivity index (χ1) is 20.1. The summed E-state index contributed by atoms with van der Waals surface area (Å²) in [7, 11) is 0. The van der Waals surface area contributed by atoms with Crippen LogP contribution < -0.4 is 0 Å². The molecular formula is C39H26N2. The van der Waals surface area contributed by atoms with E-state index >= 15 is 0 Å². The minimum atomic E-state index is -0.0962. The van der Waals surface area contributed by atoms with Gasteiger partial charge in [0.05, 0.1) is 16.7 Å². The molecule has 0 saturated heterocycles. The highest BCUT2D eigenvalue weighted by atomic mass is 14.7. The lowest BCUT2D eigenvalue weighted by Gasteiger charge is -2.22. The summed E-state index contributed by atoms with van der Waals surface area (Å²) in [6.45, 7) is 4.72. The van der Waals surface area contributed by atoms with E-state index in [-0.39, 0.29) is 5.41 Å². The SMILES string of the molecule is CC1(C)c2ccc(-c3ccc4ccc5cccnc5c4n3)cc2-c2cc3c4ccccc4c4ccccc4c3cc21. The Labute approximate surface area is 237 Å². The molecule has 0 saturated carbocycles. The van der Waals surface area contributed by atoms with Gasteiger partial charge in [-0.05, 0) is 84.9 Å². The van der Waals surface area contributed by atoms with Gasteiger partial charge in [-0.3, -0.25) is 4.98 Å². The monoisotopic (exact) mass is 522 g/mol. The van der Waals surface area contributed by atoms with Crippen LogP contribution in [-0.4, -0.2) is 9.97 Å². The van der Waals surface area contributed by atoms with E-state index in [1.54, 1.807) is 0 Å². The van der Waals surface area contributed by atoms with Crippen molar-refractivity contribution in [2.45, 2.75) is 19.3 Å². The van der Waals surface area contributed by atoms with Gasteiger partial charge in [-0.1, -0.05) is 98.8 Å². The molecule has 1 aliphatic rings. The Morgan fingerprint density at radius 2 is 1.10 bits per heavy atom. The Morgan fingerprint density at radius 1 is 0.488 bits per heavy atom. The minimum absolute atomic E-state index is 0.0962. The van der Waals surface area contributed by atoms with Crippen LogP contribution in [0, 0.1) is 0 Å². The number of benzene rings is 6. The average Bonchev–Trinajstić information content (AvgIpc) is 3.25. The van der Waals surface area contributed by atoms with Crippen molar-refractivity contribution >= 4 is 54.1 Å². The lowest BCUT2D eigenvalue weighted by molar-refractivity contribution is 0.661. The van der Waals surface area contributed by atoms with Gasteiger partial charge >= 0.3 is 0 Å². The van der Waals surface area contributed by atoms with Crippen LogP contribution in [-0.2, 0) is 5.41 Å². The summed E-state index contributed by atoms with van der Waals surface area (Å²) in [4.78, 5) is 9.82. The Bertz CT molecular complexity index is 2400. The molecule has 2 heteroatoms. The molecule has 9 rings (SSSR count). The van der Waals surface area contributed by atoms with Crippen LogP contribution >= 0.6 is 0 Å². The maximum atomic E-state index is 5.15. The summed E-state index contributed by atoms with van der Waals surface area (Å²) in [5, 5.41) is 10.1. The number of pyridine rings is 2. The summed E-state index contributed by atoms with van der Waals surface area (Å²) >= 11 is 0. The third-order valence-electron chi connectivity index (χ3n) is 9.27. The molecule has 1 aliphatic carbocycles. The molecule has 8 aromatic rings. The van der Waals surface area contributed by atoms with Crippen LogP contribution in [0.3, 0.4) is 0 Å². The smallest absolute Gasteiger partial charge is 0.0972 e. The molecule has 0 aliphatic heterocycles. The zero-order valence-electron chi connectivity index (χ0n) is 22.9. The molecule has 0 spiro atoms. The zero-order chi connectivity index (χ0) is 27.3. The molecule has 192 valence electrons. The molecule has 6 aromatic carbocycles. The topological polar surface area (TPSA) is 25.8 Å². The number of hydrogen-bond donors (Lipinski definition) is 0. The van der Waals surface area contributed by atoms with E-state index in [9.17, 15) is 0 Å². The van der Waals surface area contributed by atoms with Crippen molar-refractivity contribution in [1.82, 2.24) is 9.97 Å². The van der Waals surface area contributed by atoms with Crippen LogP contribution in [0.15, 0.2) is 121 Å². The Kier molecular flexibility index (Phi) is 4.42. The fourth-order valence-electron chi connectivity index (χ4n) is 7.19. The molecule has 0 fully saturated rings. The van der Waals surface area contributed by atoms with E-state index < -0.39 is 0 Å². The van der Waals surface area contributed by atoms with Gasteiger partial charge in [0, 0.05) is 27.9 Å². The zero-order valence-corrected chi connectivity index (χ0v) is 22.9. The highest BCUT2D eigenvalue weighted by Crippen LogP contribution is 2.52. The molecule has 2 heterocycles. The van der Waals surface area contributed by atoms with Gasteiger partial charge in [0.1, 0.15) is 0 Å². The molecule has 0 amide bonds. The third-order valence-corrected chi connectivity index (χ3v) is 9.27. The van der Waals surface area contributed by atoms with Gasteiger partial charge in [0.2, 0.25) is 0 Å². The van der Waals surface area contributed by atoms with Crippen LogP contribution in [0.5, 0.6) is 0 Å². The van der Waals surface area contributed by atoms with Crippen molar-refractivity contribution in [3.8, 4) is 22.4 Å². The van der Waals surface area contributed by atoms with Gasteiger partial charge in [0.15, 0.2) is 0 Å². The Morgan fingerprint density at radius 3 is 1.83 bits per heavy atom. The van der Waals surface area contributed by atoms with Crippen molar-refractivity contribution in [1.29, 1.82) is 0 Å². The summed E-state index contributed by atoms with van der Waals surface area (Å²) < 4.78 is 0. The fraction of sp³-hybridized carbons (Fsp3) is 0.0769. The maximum absolute atomic E-state index is 5.15. The molecule has 2 aromatic heterocycles. The molecular weight excluding hydrogens is 496 g/mol. The summed E-state index contributed by atoms with van der Waals surface area (Å²) in [6, 6.07) is 42.1. The lowest BCUT2D eigenvalue weighted by atomic mass is 9.81. The second-order valence-electron chi connectivity index (χ2n) is 11.8. The van der Waals surface area contributed by atoms with Gasteiger partial charge in [0.25, 0.3) is 0 Å². The highest BCUT2D eigenvalue weighted by Gasteiger charge is 2.36. The van der Waals surface area contributed by atoms with Crippen molar-refractivity contribution in [2.24, 2.45) is 0 Å². The normalized spacial score (nSPS) is 13.8. The molecule has 0 unspecified atom stereocenters. The number of nitrogens with zero attached hydrogens (tertiary/aromatic N) is 2. The van der Waals surface area contributed by atoms with Gasteiger partial charge in [-0.25, -0.2) is 4.98 Å². The third kappa shape index (κ3) is 3.08. The predicted octanol–water partition coefficient (Wildman–Crippen LogP) is 10.2. The number of rotatable bonds is 1. The Hall–Kier alpha value is -5.08. The van der Waals surface area contributed by atoms with Crippen molar-refractivity contribution in [3.63, 3.8) is 0 Å². The van der Waals surface area contributed by atoms with Gasteiger partial charge in [-0.2, -0.15) is 0 Å². The first-order valence-corrected chi connectivity index (χ1v) is 14.3. The van der Waals surface area contributed by atoms with E-state index in [2.05, 4.69) is 128 Å². The summed E-state index contributed by atoms with van der Waals surface area (Å²) in [5.41, 5.74) is 9.30. The molecule has 0 atom stereocenters. The van der Waals surface area contributed by atoms with Crippen molar-refractivity contribution < 1.29 is 0 Å². The fourth-order valence-corrected chi connectivity index (χ4v) is 7.19. The van der Waals surface area contributed by atoms with E-state index in [1.807, 2.05) is 12.3 Å². The van der Waals surface area contributed by atoms with Crippen LogP contribution in [0.2, 0.25) is 0 Å². The number of aromatic nitrogens is 2. The molecule has 41 heavy (non-hydrogen) atoms. The largest absolute Gasteiger partial charge is 0.254 e. The first kappa shape index (κ1) is 22.7. The standard InChI is InChI=1S/C39H26N2/c1-39(2)34-17-15-25(36-18-16-24-14-13-23-8-7-19-40-37(23)38(24)41-36)20-32(34)33-21-30-28-11-5-3-9-26(28)27-10-4-6-12-29(27)31(30)22-35(33)39/h3-22H,1-2H3. The second-order valence-corrected chi connectivity index (χ2v) is 11.8. The summed E-state index contributed by atoms with van der Waals surface area (Å²) in [6.07, 6.45) is 1.85. The number of hydrogen-bond acceptors (Lipinski definition) is 2. The lowest BCUT2D eigenvalue weighted by Crippen LogP contribution is -2.14. The van der Waals surface area contributed by atoms with E-state index in [0.29, 0.717) is 0 Å². The van der Waals surface area contributed by atoms with Crippen molar-refractivity contribution in [2.75, 3.05) is 0 Å². The summed E-state index contributed by atoms with van der Waals surface area (Å²) in [5.74, 6) is 0. The first-order valence-electron chi connectivity index (χ1n) is 14.3. The average molecular weight is 523 g/mol. The molecule has 2 nitrogen and oxygen atoms in total. The second kappa shape index (κ2) is 7.99. The quantitative estimate of drug-likeness (QED) is 0.200. The van der Waals surface area contributed by atoms with Crippen LogP contribution in [0.25, 0.3) is 76.5 Å². The maximum Gasteiger partial charge on any atom is 0.0972 e. The van der Waals surface area contributed by atoms with Gasteiger partial charge < -0.3 is 0 Å². The van der Waals surface area contributed by atoms with Crippen molar-refractivity contribution in [3.05, 3.63) is 133 Å². The van der Waals surface area contributed by atoms with E-state index in [0.717, 1.165) is 33.1 Å². The van der Waals surface area contributed by atoms with Crippen LogP contribution in [0.4, 0.5) is 0 Å². The predicted molar refractivity (Wildman–Crippen MR) is 173 cm³/mol. The van der Waals surface area contributed by atoms with Gasteiger partial charge in [-0.15, -0.1) is 0 Å². The highest BCUT2D eigenvalue weighted by molar-refractivity contribution is 6.26. The molecule has 0 bridgehead atoms. The molecule has 0 radical (unpaired) electrons. The van der Waals surface area contributed by atoms with E-state index in [1.165, 1.54) is 54.6 Å².